The Balaban J connectivity index is 1.61. The maximum absolute atomic E-state index is 9.03. The van der Waals surface area contributed by atoms with Crippen LogP contribution in [0.25, 0.3) is 11.3 Å². The smallest absolute Gasteiger partial charge is 0.163 e. The summed E-state index contributed by atoms with van der Waals surface area (Å²) in [7, 11) is 0. The fourth-order valence-electron chi connectivity index (χ4n) is 3.06. The van der Waals surface area contributed by atoms with Crippen molar-refractivity contribution in [3.05, 3.63) is 30.0 Å². The topological polar surface area (TPSA) is 74.6 Å². The summed E-state index contributed by atoms with van der Waals surface area (Å²) in [5, 5.41) is 19.3. The highest BCUT2D eigenvalue weighted by molar-refractivity contribution is 5.65. The lowest BCUT2D eigenvalue weighted by atomic mass is 9.87. The van der Waals surface area contributed by atoms with Gasteiger partial charge in [-0.15, -0.1) is 5.10 Å². The Labute approximate surface area is 130 Å². The van der Waals surface area contributed by atoms with Gasteiger partial charge in [0.05, 0.1) is 6.61 Å². The fraction of sp³-hybridized carbons (Fsp3) is 0.471. The summed E-state index contributed by atoms with van der Waals surface area (Å²) in [5.41, 5.74) is 1.79. The summed E-state index contributed by atoms with van der Waals surface area (Å²) >= 11 is 0. The first kappa shape index (κ1) is 14.6. The van der Waals surface area contributed by atoms with Gasteiger partial charge >= 0.3 is 0 Å². The number of nitrogens with one attached hydrogen (secondary N) is 1. The van der Waals surface area contributed by atoms with Gasteiger partial charge in [0.15, 0.2) is 5.69 Å². The van der Waals surface area contributed by atoms with E-state index in [-0.39, 0.29) is 0 Å². The highest BCUT2D eigenvalue weighted by Gasteiger charge is 2.13. The first-order valence-corrected chi connectivity index (χ1v) is 7.91. The third kappa shape index (κ3) is 3.45. The van der Waals surface area contributed by atoms with Crippen molar-refractivity contribution in [2.45, 2.75) is 38.5 Å². The molecule has 2 aromatic rings. The maximum Gasteiger partial charge on any atom is 0.163 e. The molecule has 3 rings (SSSR count). The van der Waals surface area contributed by atoms with Crippen LogP contribution in [-0.2, 0) is 0 Å². The number of benzene rings is 1. The minimum Gasteiger partial charge on any atom is -0.494 e. The number of nitrogens with zero attached hydrogens (tertiary/aromatic N) is 3. The quantitative estimate of drug-likeness (QED) is 0.913. The van der Waals surface area contributed by atoms with Crippen LogP contribution in [0.5, 0.6) is 5.75 Å². The Bertz CT molecular complexity index is 653. The Hall–Kier alpha value is -2.35. The van der Waals surface area contributed by atoms with Gasteiger partial charge in [-0.25, -0.2) is 5.10 Å². The zero-order valence-corrected chi connectivity index (χ0v) is 12.6. The van der Waals surface area contributed by atoms with Gasteiger partial charge in [-0.2, -0.15) is 5.26 Å². The third-order valence-electron chi connectivity index (χ3n) is 4.29. The number of H-pyrrole nitrogens is 1. The molecule has 114 valence electrons. The van der Waals surface area contributed by atoms with Gasteiger partial charge in [0, 0.05) is 5.56 Å². The molecule has 1 N–H and O–H groups in total. The van der Waals surface area contributed by atoms with Crippen molar-refractivity contribution in [1.82, 2.24) is 15.4 Å². The Morgan fingerprint density at radius 2 is 2.14 bits per heavy atom. The van der Waals surface area contributed by atoms with E-state index in [0.29, 0.717) is 11.4 Å². The molecule has 1 aliphatic carbocycles. The van der Waals surface area contributed by atoms with Crippen molar-refractivity contribution in [2.75, 3.05) is 6.61 Å². The number of ether oxygens (including phenoxy) is 1. The lowest BCUT2D eigenvalue weighted by Crippen LogP contribution is -2.10. The Kier molecular flexibility index (Phi) is 4.69. The molecule has 1 aromatic carbocycles. The summed E-state index contributed by atoms with van der Waals surface area (Å²) in [5.74, 6) is 1.64. The molecule has 1 heterocycles. The fourth-order valence-corrected chi connectivity index (χ4v) is 3.06. The van der Waals surface area contributed by atoms with Gasteiger partial charge in [-0.05, 0) is 24.5 Å². The minimum absolute atomic E-state index is 0.374. The van der Waals surface area contributed by atoms with E-state index in [1.165, 1.54) is 32.1 Å². The highest BCUT2D eigenvalue weighted by Crippen LogP contribution is 2.27. The average Bonchev–Trinajstić information content (AvgIpc) is 3.05. The zero-order chi connectivity index (χ0) is 15.2. The second-order valence-electron chi connectivity index (χ2n) is 5.82. The van der Waals surface area contributed by atoms with Crippen LogP contribution in [0.4, 0.5) is 0 Å². The number of nitriles is 1. The number of hydrogen-bond donors (Lipinski definition) is 1. The molecule has 0 bridgehead atoms. The van der Waals surface area contributed by atoms with Gasteiger partial charge in [0.25, 0.3) is 0 Å². The van der Waals surface area contributed by atoms with E-state index in [1.807, 2.05) is 24.3 Å². The van der Waals surface area contributed by atoms with Crippen LogP contribution in [-0.4, -0.2) is 22.0 Å². The molecule has 1 fully saturated rings. The standard InChI is InChI=1S/C17H20N4O/c18-12-16-17(20-21-19-16)14-7-4-8-15(11-14)22-10-9-13-5-2-1-3-6-13/h4,7-8,11,13H,1-3,5-6,9-10H2,(H,19,20,21). The molecule has 22 heavy (non-hydrogen) atoms. The molecule has 0 unspecified atom stereocenters. The zero-order valence-electron chi connectivity index (χ0n) is 12.6. The number of hydrogen-bond acceptors (Lipinski definition) is 4. The summed E-state index contributed by atoms with van der Waals surface area (Å²) in [6.07, 6.45) is 7.92. The predicted molar refractivity (Wildman–Crippen MR) is 83.2 cm³/mol. The molecule has 0 aliphatic heterocycles. The molecule has 5 heteroatoms. The molecule has 0 atom stereocenters. The molecule has 0 spiro atoms. The van der Waals surface area contributed by atoms with Gasteiger partial charge in [-0.1, -0.05) is 49.5 Å². The number of aromatic nitrogens is 3. The van der Waals surface area contributed by atoms with Crippen molar-refractivity contribution in [3.63, 3.8) is 0 Å². The maximum atomic E-state index is 9.03. The van der Waals surface area contributed by atoms with Crippen LogP contribution < -0.4 is 4.74 Å². The molecule has 0 amide bonds. The van der Waals surface area contributed by atoms with E-state index in [1.54, 1.807) is 0 Å². The summed E-state index contributed by atoms with van der Waals surface area (Å²) in [6.45, 7) is 0.748. The largest absolute Gasteiger partial charge is 0.494 e. The monoisotopic (exact) mass is 296 g/mol. The molecule has 0 radical (unpaired) electrons. The van der Waals surface area contributed by atoms with Gasteiger partial charge < -0.3 is 4.74 Å². The van der Waals surface area contributed by atoms with Crippen LogP contribution in [0.15, 0.2) is 24.3 Å². The van der Waals surface area contributed by atoms with Crippen LogP contribution in [0.3, 0.4) is 0 Å². The molecule has 5 nitrogen and oxygen atoms in total. The predicted octanol–water partition coefficient (Wildman–Crippen LogP) is 3.69. The molecular formula is C17H20N4O. The van der Waals surface area contributed by atoms with Crippen LogP contribution in [0, 0.1) is 17.2 Å². The SMILES string of the molecule is N#Cc1[nH]nnc1-c1cccc(OCCC2CCCCC2)c1. The number of rotatable bonds is 5. The molecule has 1 saturated carbocycles. The van der Waals surface area contributed by atoms with E-state index in [0.717, 1.165) is 30.3 Å². The third-order valence-corrected chi connectivity index (χ3v) is 4.29. The summed E-state index contributed by atoms with van der Waals surface area (Å²) in [4.78, 5) is 0. The van der Waals surface area contributed by atoms with Gasteiger partial charge in [-0.3, -0.25) is 0 Å². The normalized spacial score (nSPS) is 15.4. The van der Waals surface area contributed by atoms with Crippen molar-refractivity contribution >= 4 is 0 Å². The van der Waals surface area contributed by atoms with Gasteiger partial charge in [0.2, 0.25) is 0 Å². The lowest BCUT2D eigenvalue weighted by Gasteiger charge is -2.21. The van der Waals surface area contributed by atoms with Gasteiger partial charge in [0.1, 0.15) is 17.5 Å². The lowest BCUT2D eigenvalue weighted by molar-refractivity contribution is 0.246. The first-order chi connectivity index (χ1) is 10.9. The summed E-state index contributed by atoms with van der Waals surface area (Å²) in [6, 6.07) is 9.74. The summed E-state index contributed by atoms with van der Waals surface area (Å²) < 4.78 is 5.88. The van der Waals surface area contributed by atoms with Crippen LogP contribution >= 0.6 is 0 Å². The molecule has 0 saturated heterocycles. The molecule has 1 aliphatic rings. The number of aromatic amines is 1. The van der Waals surface area contributed by atoms with Crippen LogP contribution in [0.1, 0.15) is 44.2 Å². The van der Waals surface area contributed by atoms with Crippen molar-refractivity contribution in [2.24, 2.45) is 5.92 Å². The molecular weight excluding hydrogens is 276 g/mol. The highest BCUT2D eigenvalue weighted by atomic mass is 16.5. The first-order valence-electron chi connectivity index (χ1n) is 7.91. The van der Waals surface area contributed by atoms with Crippen LogP contribution in [0.2, 0.25) is 0 Å². The van der Waals surface area contributed by atoms with E-state index in [2.05, 4.69) is 21.5 Å². The van der Waals surface area contributed by atoms with E-state index in [4.69, 9.17) is 10.00 Å². The minimum atomic E-state index is 0.374. The van der Waals surface area contributed by atoms with E-state index >= 15 is 0 Å². The Morgan fingerprint density at radius 1 is 1.27 bits per heavy atom. The molecule has 1 aromatic heterocycles. The van der Waals surface area contributed by atoms with Crippen molar-refractivity contribution in [3.8, 4) is 23.1 Å². The second-order valence-corrected chi connectivity index (χ2v) is 5.82. The van der Waals surface area contributed by atoms with Crippen molar-refractivity contribution in [1.29, 1.82) is 5.26 Å². The second kappa shape index (κ2) is 7.08. The van der Waals surface area contributed by atoms with Crippen molar-refractivity contribution < 1.29 is 4.74 Å². The Morgan fingerprint density at radius 3 is 2.95 bits per heavy atom. The van der Waals surface area contributed by atoms with E-state index < -0.39 is 0 Å². The average molecular weight is 296 g/mol. The van der Waals surface area contributed by atoms with E-state index in [9.17, 15) is 0 Å².